The molecule has 0 aliphatic carbocycles. The van der Waals surface area contributed by atoms with Gasteiger partial charge in [-0.3, -0.25) is 4.79 Å². The van der Waals surface area contributed by atoms with E-state index in [1.165, 1.54) is 11.3 Å². The second kappa shape index (κ2) is 4.43. The number of fused-ring (bicyclic) bond motifs is 1. The van der Waals surface area contributed by atoms with Crippen molar-refractivity contribution in [1.29, 1.82) is 0 Å². The third-order valence-electron chi connectivity index (χ3n) is 2.69. The lowest BCUT2D eigenvalue weighted by molar-refractivity contribution is 0.104. The molecule has 0 bridgehead atoms. The fourth-order valence-electron chi connectivity index (χ4n) is 1.86. The average Bonchev–Trinajstić information content (AvgIpc) is 2.94. The van der Waals surface area contributed by atoms with E-state index in [4.69, 9.17) is 23.2 Å². The van der Waals surface area contributed by atoms with E-state index in [-0.39, 0.29) is 5.78 Å². The predicted octanol–water partition coefficient (Wildman–Crippen LogP) is 4.77. The molecule has 3 aromatic rings. The molecule has 0 amide bonds. The Kier molecular flexibility index (Phi) is 2.90. The lowest BCUT2D eigenvalue weighted by Crippen LogP contribution is -1.96. The van der Waals surface area contributed by atoms with Gasteiger partial charge in [0.15, 0.2) is 0 Å². The van der Waals surface area contributed by atoms with Gasteiger partial charge >= 0.3 is 0 Å². The Balaban J connectivity index is 2.12. The summed E-state index contributed by atoms with van der Waals surface area (Å²) in [4.78, 5) is 16.0. The van der Waals surface area contributed by atoms with E-state index in [1.807, 2.05) is 6.07 Å². The highest BCUT2D eigenvalue weighted by Gasteiger charge is 2.15. The van der Waals surface area contributed by atoms with Crippen molar-refractivity contribution >= 4 is 51.2 Å². The topological polar surface area (TPSA) is 32.9 Å². The standard InChI is InChI=1S/C13H7Cl2NOS/c14-7-1-2-8-9(6-16-10(8)5-7)13(17)11-3-4-12(15)18-11/h1-6,16H. The van der Waals surface area contributed by atoms with Crippen LogP contribution in [-0.4, -0.2) is 10.8 Å². The monoisotopic (exact) mass is 295 g/mol. The fraction of sp³-hybridized carbons (Fsp3) is 0. The molecule has 0 aliphatic heterocycles. The Bertz CT molecular complexity index is 744. The summed E-state index contributed by atoms with van der Waals surface area (Å²) in [5.41, 5.74) is 1.49. The Morgan fingerprint density at radius 3 is 2.72 bits per heavy atom. The first-order valence-electron chi connectivity index (χ1n) is 5.22. The van der Waals surface area contributed by atoms with Crippen LogP contribution in [0.15, 0.2) is 36.5 Å². The fourth-order valence-corrected chi connectivity index (χ4v) is 3.02. The van der Waals surface area contributed by atoms with Crippen LogP contribution in [0.3, 0.4) is 0 Å². The third-order valence-corrected chi connectivity index (χ3v) is 4.15. The smallest absolute Gasteiger partial charge is 0.205 e. The minimum Gasteiger partial charge on any atom is -0.360 e. The molecule has 0 spiro atoms. The molecular formula is C13H7Cl2NOS. The number of carbonyl (C=O) groups excluding carboxylic acids is 1. The highest BCUT2D eigenvalue weighted by molar-refractivity contribution is 7.18. The zero-order valence-corrected chi connectivity index (χ0v) is 11.4. The number of ketones is 1. The van der Waals surface area contributed by atoms with E-state index in [1.54, 1.807) is 30.5 Å². The Morgan fingerprint density at radius 2 is 2.00 bits per heavy atom. The van der Waals surface area contributed by atoms with Crippen LogP contribution in [0.4, 0.5) is 0 Å². The van der Waals surface area contributed by atoms with E-state index in [0.717, 1.165) is 10.9 Å². The maximum atomic E-state index is 12.3. The Hall–Kier alpha value is -1.29. The van der Waals surface area contributed by atoms with E-state index in [9.17, 15) is 4.79 Å². The largest absolute Gasteiger partial charge is 0.360 e. The van der Waals surface area contributed by atoms with Crippen molar-refractivity contribution in [2.75, 3.05) is 0 Å². The average molecular weight is 296 g/mol. The van der Waals surface area contributed by atoms with Crippen molar-refractivity contribution < 1.29 is 4.79 Å². The molecule has 1 aromatic carbocycles. The predicted molar refractivity (Wildman–Crippen MR) is 76.1 cm³/mol. The molecule has 0 radical (unpaired) electrons. The van der Waals surface area contributed by atoms with E-state index in [0.29, 0.717) is 19.8 Å². The second-order valence-electron chi connectivity index (χ2n) is 3.83. The maximum absolute atomic E-state index is 12.3. The molecule has 2 heterocycles. The molecule has 0 fully saturated rings. The molecule has 2 nitrogen and oxygen atoms in total. The van der Waals surface area contributed by atoms with E-state index >= 15 is 0 Å². The van der Waals surface area contributed by atoms with Gasteiger partial charge in [0.05, 0.1) is 9.21 Å². The van der Waals surface area contributed by atoms with Gasteiger partial charge in [0.2, 0.25) is 5.78 Å². The number of aromatic nitrogens is 1. The molecule has 18 heavy (non-hydrogen) atoms. The van der Waals surface area contributed by atoms with Gasteiger partial charge < -0.3 is 4.98 Å². The number of hydrogen-bond donors (Lipinski definition) is 1. The lowest BCUT2D eigenvalue weighted by Gasteiger charge is -1.96. The van der Waals surface area contributed by atoms with E-state index in [2.05, 4.69) is 4.98 Å². The summed E-state index contributed by atoms with van der Waals surface area (Å²) < 4.78 is 0.612. The first kappa shape index (κ1) is 11.8. The Morgan fingerprint density at radius 1 is 1.17 bits per heavy atom. The van der Waals surface area contributed by atoms with Gasteiger partial charge in [-0.05, 0) is 24.3 Å². The first-order valence-corrected chi connectivity index (χ1v) is 6.79. The number of nitrogens with one attached hydrogen (secondary N) is 1. The molecule has 2 aromatic heterocycles. The number of aromatic amines is 1. The molecule has 0 saturated carbocycles. The summed E-state index contributed by atoms with van der Waals surface area (Å²) in [6, 6.07) is 8.89. The zero-order valence-electron chi connectivity index (χ0n) is 9.04. The molecule has 0 unspecified atom stereocenters. The minimum absolute atomic E-state index is 0.0273. The summed E-state index contributed by atoms with van der Waals surface area (Å²) in [5, 5.41) is 1.51. The zero-order chi connectivity index (χ0) is 12.7. The molecule has 5 heteroatoms. The van der Waals surface area contributed by atoms with Crippen LogP contribution >= 0.6 is 34.5 Å². The number of rotatable bonds is 2. The summed E-state index contributed by atoms with van der Waals surface area (Å²) >= 11 is 13.0. The summed E-state index contributed by atoms with van der Waals surface area (Å²) in [7, 11) is 0. The van der Waals surface area contributed by atoms with Crippen LogP contribution in [0.2, 0.25) is 9.36 Å². The number of thiophene rings is 1. The van der Waals surface area contributed by atoms with Crippen molar-refractivity contribution in [2.24, 2.45) is 0 Å². The molecule has 0 aliphatic rings. The number of halogens is 2. The molecule has 1 N–H and O–H groups in total. The molecular weight excluding hydrogens is 289 g/mol. The Labute approximate surface area is 117 Å². The number of benzene rings is 1. The van der Waals surface area contributed by atoms with Gasteiger partial charge in [0.1, 0.15) is 0 Å². The summed E-state index contributed by atoms with van der Waals surface area (Å²) in [5.74, 6) is -0.0273. The SMILES string of the molecule is O=C(c1ccc(Cl)s1)c1c[nH]c2cc(Cl)ccc12. The van der Waals surface area contributed by atoms with Crippen molar-refractivity contribution in [3.63, 3.8) is 0 Å². The van der Waals surface area contributed by atoms with E-state index < -0.39 is 0 Å². The highest BCUT2D eigenvalue weighted by Crippen LogP contribution is 2.28. The van der Waals surface area contributed by atoms with Gasteiger partial charge in [0.25, 0.3) is 0 Å². The van der Waals surface area contributed by atoms with Crippen LogP contribution in [-0.2, 0) is 0 Å². The molecule has 90 valence electrons. The molecule has 0 saturated heterocycles. The second-order valence-corrected chi connectivity index (χ2v) is 5.98. The number of H-pyrrole nitrogens is 1. The first-order chi connectivity index (χ1) is 8.65. The third kappa shape index (κ3) is 1.94. The van der Waals surface area contributed by atoms with Crippen LogP contribution < -0.4 is 0 Å². The van der Waals surface area contributed by atoms with Gasteiger partial charge in [-0.2, -0.15) is 0 Å². The molecule has 3 rings (SSSR count). The van der Waals surface area contributed by atoms with Gasteiger partial charge in [0, 0.05) is 27.7 Å². The summed E-state index contributed by atoms with van der Waals surface area (Å²) in [6.45, 7) is 0. The van der Waals surface area contributed by atoms with Gasteiger partial charge in [-0.25, -0.2) is 0 Å². The quantitative estimate of drug-likeness (QED) is 0.679. The van der Waals surface area contributed by atoms with Crippen LogP contribution in [0, 0.1) is 0 Å². The summed E-state index contributed by atoms with van der Waals surface area (Å²) in [6.07, 6.45) is 1.71. The van der Waals surface area contributed by atoms with Crippen molar-refractivity contribution in [3.05, 3.63) is 56.3 Å². The van der Waals surface area contributed by atoms with Gasteiger partial charge in [-0.15, -0.1) is 11.3 Å². The van der Waals surface area contributed by atoms with Crippen molar-refractivity contribution in [3.8, 4) is 0 Å². The minimum atomic E-state index is -0.0273. The van der Waals surface area contributed by atoms with Crippen LogP contribution in [0.25, 0.3) is 10.9 Å². The lowest BCUT2D eigenvalue weighted by atomic mass is 10.1. The van der Waals surface area contributed by atoms with Crippen LogP contribution in [0.5, 0.6) is 0 Å². The number of hydrogen-bond acceptors (Lipinski definition) is 2. The van der Waals surface area contributed by atoms with Crippen molar-refractivity contribution in [1.82, 2.24) is 4.98 Å². The highest BCUT2D eigenvalue weighted by atomic mass is 35.5. The normalized spacial score (nSPS) is 11.0. The van der Waals surface area contributed by atoms with Crippen molar-refractivity contribution in [2.45, 2.75) is 0 Å². The number of carbonyl (C=O) groups is 1. The maximum Gasteiger partial charge on any atom is 0.205 e. The van der Waals surface area contributed by atoms with Crippen LogP contribution in [0.1, 0.15) is 15.2 Å². The molecule has 0 atom stereocenters. The van der Waals surface area contributed by atoms with Gasteiger partial charge in [-0.1, -0.05) is 29.3 Å².